The highest BCUT2D eigenvalue weighted by molar-refractivity contribution is 7.99. The van der Waals surface area contributed by atoms with Gasteiger partial charge < -0.3 is 10.4 Å². The van der Waals surface area contributed by atoms with E-state index in [1.165, 1.54) is 4.90 Å². The highest BCUT2D eigenvalue weighted by Gasteiger charge is 2.52. The maximum absolute atomic E-state index is 12.3. The van der Waals surface area contributed by atoms with Crippen LogP contribution < -0.4 is 5.32 Å². The predicted octanol–water partition coefficient (Wildman–Crippen LogP) is 1.35. The fourth-order valence-corrected chi connectivity index (χ4v) is 3.60. The van der Waals surface area contributed by atoms with E-state index in [1.807, 2.05) is 6.92 Å². The molecule has 1 saturated heterocycles. The fourth-order valence-electron chi connectivity index (χ4n) is 2.67. The van der Waals surface area contributed by atoms with E-state index < -0.39 is 5.54 Å². The molecule has 1 heterocycles. The topological polar surface area (TPSA) is 69.6 Å². The summed E-state index contributed by atoms with van der Waals surface area (Å²) in [4.78, 5) is 25.6. The summed E-state index contributed by atoms with van der Waals surface area (Å²) in [5.41, 5.74) is -0.600. The van der Waals surface area contributed by atoms with E-state index in [1.54, 1.807) is 18.7 Å². The number of nitrogens with one attached hydrogen (secondary N) is 1. The molecule has 1 saturated carbocycles. The van der Waals surface area contributed by atoms with Crippen LogP contribution >= 0.6 is 11.8 Å². The van der Waals surface area contributed by atoms with Crippen molar-refractivity contribution in [2.75, 3.05) is 12.3 Å². The predicted molar refractivity (Wildman–Crippen MR) is 75.0 cm³/mol. The number of aliphatic hydroxyl groups excluding tert-OH is 1. The average Bonchev–Trinajstić information content (AvgIpc) is 2.90. The van der Waals surface area contributed by atoms with Gasteiger partial charge in [-0.2, -0.15) is 11.8 Å². The molecule has 0 aromatic rings. The van der Waals surface area contributed by atoms with Crippen LogP contribution in [0.5, 0.6) is 0 Å². The minimum atomic E-state index is -0.600. The number of carbonyl (C=O) groups excluding carboxylic acids is 2. The third-order valence-electron chi connectivity index (χ3n) is 4.08. The summed E-state index contributed by atoms with van der Waals surface area (Å²) in [7, 11) is 0. The Morgan fingerprint density at radius 2 is 2.00 bits per heavy atom. The SMILES string of the molecule is C[C@H](O)[C@H](C)SCCN1C(=O)NC2(CCCC2)C1=O. The van der Waals surface area contributed by atoms with Crippen molar-refractivity contribution in [3.63, 3.8) is 0 Å². The van der Waals surface area contributed by atoms with Crippen LogP contribution in [0.2, 0.25) is 0 Å². The number of imide groups is 1. The number of nitrogens with zero attached hydrogens (tertiary/aromatic N) is 1. The van der Waals surface area contributed by atoms with E-state index in [0.29, 0.717) is 12.3 Å². The molecular weight excluding hydrogens is 264 g/mol. The Labute approximate surface area is 118 Å². The smallest absolute Gasteiger partial charge is 0.325 e. The van der Waals surface area contributed by atoms with Gasteiger partial charge in [0.2, 0.25) is 0 Å². The molecule has 5 nitrogen and oxygen atoms in total. The molecule has 0 unspecified atom stereocenters. The van der Waals surface area contributed by atoms with Crippen molar-refractivity contribution in [1.82, 2.24) is 10.2 Å². The number of urea groups is 1. The Morgan fingerprint density at radius 1 is 1.37 bits per heavy atom. The number of aliphatic hydroxyl groups is 1. The lowest BCUT2D eigenvalue weighted by molar-refractivity contribution is -0.130. The molecule has 108 valence electrons. The molecule has 2 fully saturated rings. The second-order valence-electron chi connectivity index (χ2n) is 5.49. The summed E-state index contributed by atoms with van der Waals surface area (Å²) in [5, 5.41) is 12.4. The minimum absolute atomic E-state index is 0.0553. The molecule has 1 spiro atoms. The number of amides is 3. The molecule has 0 aromatic heterocycles. The molecule has 2 rings (SSSR count). The Hall–Kier alpha value is -0.750. The van der Waals surface area contributed by atoms with Crippen LogP contribution in [0.1, 0.15) is 39.5 Å². The third kappa shape index (κ3) is 2.89. The first-order valence-corrected chi connectivity index (χ1v) is 7.95. The molecule has 2 N–H and O–H groups in total. The van der Waals surface area contributed by atoms with Crippen molar-refractivity contribution in [2.45, 2.75) is 56.4 Å². The summed E-state index contributed by atoms with van der Waals surface area (Å²) >= 11 is 1.58. The average molecular weight is 286 g/mol. The van der Waals surface area contributed by atoms with Crippen LogP contribution in [0.25, 0.3) is 0 Å². The van der Waals surface area contributed by atoms with Gasteiger partial charge in [-0.15, -0.1) is 0 Å². The molecule has 19 heavy (non-hydrogen) atoms. The van der Waals surface area contributed by atoms with Gasteiger partial charge in [0.15, 0.2) is 0 Å². The van der Waals surface area contributed by atoms with Gasteiger partial charge >= 0.3 is 6.03 Å². The fraction of sp³-hybridized carbons (Fsp3) is 0.846. The van der Waals surface area contributed by atoms with Gasteiger partial charge in [-0.3, -0.25) is 9.69 Å². The lowest BCUT2D eigenvalue weighted by Gasteiger charge is -2.20. The van der Waals surface area contributed by atoms with Crippen molar-refractivity contribution in [3.05, 3.63) is 0 Å². The molecule has 0 radical (unpaired) electrons. The monoisotopic (exact) mass is 286 g/mol. The zero-order valence-electron chi connectivity index (χ0n) is 11.5. The maximum atomic E-state index is 12.3. The Bertz CT molecular complexity index is 367. The van der Waals surface area contributed by atoms with Crippen LogP contribution in [0.3, 0.4) is 0 Å². The molecular formula is C13H22N2O3S. The van der Waals surface area contributed by atoms with E-state index in [-0.39, 0.29) is 23.3 Å². The van der Waals surface area contributed by atoms with Crippen LogP contribution in [0.4, 0.5) is 4.79 Å². The summed E-state index contributed by atoms with van der Waals surface area (Å²) < 4.78 is 0. The lowest BCUT2D eigenvalue weighted by atomic mass is 9.98. The van der Waals surface area contributed by atoms with Gasteiger partial charge in [0.05, 0.1) is 6.10 Å². The second kappa shape index (κ2) is 5.71. The van der Waals surface area contributed by atoms with Crippen molar-refractivity contribution in [2.24, 2.45) is 0 Å². The summed E-state index contributed by atoms with van der Waals surface area (Å²) in [6.45, 7) is 4.12. The van der Waals surface area contributed by atoms with Crippen LogP contribution in [0.15, 0.2) is 0 Å². The first kappa shape index (κ1) is 14.7. The number of hydrogen-bond donors (Lipinski definition) is 2. The molecule has 0 bridgehead atoms. The van der Waals surface area contributed by atoms with Gasteiger partial charge in [-0.25, -0.2) is 4.79 Å². The summed E-state index contributed by atoms with van der Waals surface area (Å²) in [6.07, 6.45) is 3.17. The zero-order chi connectivity index (χ0) is 14.0. The summed E-state index contributed by atoms with van der Waals surface area (Å²) in [6, 6.07) is -0.253. The highest BCUT2D eigenvalue weighted by Crippen LogP contribution is 2.35. The van der Waals surface area contributed by atoms with Crippen molar-refractivity contribution in [3.8, 4) is 0 Å². The quantitative estimate of drug-likeness (QED) is 0.749. The van der Waals surface area contributed by atoms with Gasteiger partial charge in [-0.1, -0.05) is 19.8 Å². The lowest BCUT2D eigenvalue weighted by Crippen LogP contribution is -2.44. The Morgan fingerprint density at radius 3 is 2.58 bits per heavy atom. The molecule has 2 aliphatic rings. The molecule has 1 aliphatic carbocycles. The number of rotatable bonds is 5. The van der Waals surface area contributed by atoms with E-state index in [9.17, 15) is 14.7 Å². The minimum Gasteiger partial charge on any atom is -0.392 e. The Balaban J connectivity index is 1.87. The highest BCUT2D eigenvalue weighted by atomic mass is 32.2. The summed E-state index contributed by atoms with van der Waals surface area (Å²) in [5.74, 6) is 0.613. The normalized spacial score (nSPS) is 24.9. The zero-order valence-corrected chi connectivity index (χ0v) is 12.3. The number of hydrogen-bond acceptors (Lipinski definition) is 4. The standard InChI is InChI=1S/C13H22N2O3S/c1-9(16)10(2)19-8-7-15-11(17)13(14-12(15)18)5-3-4-6-13/h9-10,16H,3-8H2,1-2H3,(H,14,18)/t9-,10-/m0/s1. The Kier molecular flexibility index (Phi) is 4.40. The molecule has 2 atom stereocenters. The molecule has 3 amide bonds. The van der Waals surface area contributed by atoms with Gasteiger partial charge in [0.1, 0.15) is 5.54 Å². The van der Waals surface area contributed by atoms with E-state index in [2.05, 4.69) is 5.32 Å². The molecule has 0 aromatic carbocycles. The van der Waals surface area contributed by atoms with E-state index in [4.69, 9.17) is 0 Å². The van der Waals surface area contributed by atoms with Crippen LogP contribution in [-0.2, 0) is 4.79 Å². The maximum Gasteiger partial charge on any atom is 0.325 e. The first-order chi connectivity index (χ1) is 8.96. The van der Waals surface area contributed by atoms with Crippen molar-refractivity contribution < 1.29 is 14.7 Å². The van der Waals surface area contributed by atoms with Gasteiger partial charge in [0, 0.05) is 17.5 Å². The molecule has 1 aliphatic heterocycles. The third-order valence-corrected chi connectivity index (χ3v) is 5.42. The first-order valence-electron chi connectivity index (χ1n) is 6.90. The van der Waals surface area contributed by atoms with E-state index in [0.717, 1.165) is 25.7 Å². The number of carbonyl (C=O) groups is 2. The van der Waals surface area contributed by atoms with Gasteiger partial charge in [0.25, 0.3) is 5.91 Å². The second-order valence-corrected chi connectivity index (χ2v) is 6.98. The largest absolute Gasteiger partial charge is 0.392 e. The van der Waals surface area contributed by atoms with Crippen molar-refractivity contribution >= 4 is 23.7 Å². The van der Waals surface area contributed by atoms with Crippen LogP contribution in [0, 0.1) is 0 Å². The number of thioether (sulfide) groups is 1. The van der Waals surface area contributed by atoms with E-state index >= 15 is 0 Å². The van der Waals surface area contributed by atoms with Gasteiger partial charge in [-0.05, 0) is 19.8 Å². The van der Waals surface area contributed by atoms with Crippen molar-refractivity contribution in [1.29, 1.82) is 0 Å². The molecule has 6 heteroatoms. The van der Waals surface area contributed by atoms with Crippen LogP contribution in [-0.4, -0.2) is 51.1 Å².